The second-order valence-corrected chi connectivity index (χ2v) is 2.85. The molecule has 0 saturated carbocycles. The van der Waals surface area contributed by atoms with E-state index in [1.807, 2.05) is 0 Å². The summed E-state index contributed by atoms with van der Waals surface area (Å²) in [7, 11) is 0. The third-order valence-corrected chi connectivity index (χ3v) is 1.58. The molecule has 72 valence electrons. The Morgan fingerprint density at radius 1 is 1.54 bits per heavy atom. The van der Waals surface area contributed by atoms with Crippen LogP contribution in [0.15, 0.2) is 18.3 Å². The van der Waals surface area contributed by atoms with Gasteiger partial charge < -0.3 is 14.9 Å². The van der Waals surface area contributed by atoms with Gasteiger partial charge >= 0.3 is 0 Å². The number of hydrogen-bond donors (Lipinski definition) is 2. The number of rotatable bonds is 4. The molecule has 4 nitrogen and oxygen atoms in total. The normalized spacial score (nSPS) is 12.5. The van der Waals surface area contributed by atoms with E-state index < -0.39 is 6.10 Å². The second-order valence-electron chi connectivity index (χ2n) is 2.46. The van der Waals surface area contributed by atoms with Gasteiger partial charge in [-0.3, -0.25) is 0 Å². The van der Waals surface area contributed by atoms with Crippen molar-refractivity contribution >= 4 is 11.6 Å². The highest BCUT2D eigenvalue weighted by Crippen LogP contribution is 2.11. The van der Waals surface area contributed by atoms with Crippen LogP contribution in [0, 0.1) is 0 Å². The van der Waals surface area contributed by atoms with E-state index in [4.69, 9.17) is 26.6 Å². The van der Waals surface area contributed by atoms with Crippen molar-refractivity contribution in [3.63, 3.8) is 0 Å². The van der Waals surface area contributed by atoms with Crippen LogP contribution in [0.3, 0.4) is 0 Å². The fourth-order valence-corrected chi connectivity index (χ4v) is 0.805. The minimum Gasteiger partial charge on any atom is -0.489 e. The molecule has 0 aliphatic heterocycles. The smallest absolute Gasteiger partial charge is 0.137 e. The average molecular weight is 204 g/mol. The first kappa shape index (κ1) is 10.2. The number of aliphatic hydroxyl groups is 2. The predicted molar refractivity (Wildman–Crippen MR) is 47.8 cm³/mol. The Balaban J connectivity index is 2.41. The highest BCUT2D eigenvalue weighted by atomic mass is 35.5. The fourth-order valence-electron chi connectivity index (χ4n) is 0.693. The number of nitrogens with zero attached hydrogens (tertiary/aromatic N) is 1. The maximum atomic E-state index is 8.95. The van der Waals surface area contributed by atoms with Crippen LogP contribution in [-0.4, -0.2) is 34.5 Å². The zero-order valence-corrected chi connectivity index (χ0v) is 7.61. The molecule has 0 aromatic carbocycles. The van der Waals surface area contributed by atoms with Gasteiger partial charge in [-0.25, -0.2) is 4.98 Å². The molecule has 13 heavy (non-hydrogen) atoms. The van der Waals surface area contributed by atoms with Gasteiger partial charge in [-0.05, 0) is 12.1 Å². The summed E-state index contributed by atoms with van der Waals surface area (Å²) in [5.41, 5.74) is 0. The third-order valence-electron chi connectivity index (χ3n) is 1.35. The monoisotopic (exact) mass is 203 g/mol. The molecule has 5 heteroatoms. The Hall–Kier alpha value is -0.840. The number of hydrogen-bond acceptors (Lipinski definition) is 4. The molecule has 0 spiro atoms. The molecule has 1 aromatic heterocycles. The topological polar surface area (TPSA) is 62.6 Å². The minimum absolute atomic E-state index is 0.0415. The van der Waals surface area contributed by atoms with Crippen LogP contribution < -0.4 is 4.74 Å². The maximum Gasteiger partial charge on any atom is 0.137 e. The van der Waals surface area contributed by atoms with Crippen LogP contribution in [0.5, 0.6) is 5.75 Å². The molecule has 0 aliphatic carbocycles. The van der Waals surface area contributed by atoms with E-state index in [2.05, 4.69) is 4.98 Å². The fraction of sp³-hybridized carbons (Fsp3) is 0.375. The van der Waals surface area contributed by atoms with Gasteiger partial charge in [0.05, 0.1) is 12.8 Å². The molecule has 0 fully saturated rings. The predicted octanol–water partition coefficient (Wildman–Crippen LogP) is 0.467. The standard InChI is InChI=1S/C8H10ClNO3/c9-8-2-1-7(3-10-8)13-5-6(12)4-11/h1-3,6,11-12H,4-5H2. The van der Waals surface area contributed by atoms with E-state index in [0.29, 0.717) is 10.9 Å². The Kier molecular flexibility index (Phi) is 3.95. The minimum atomic E-state index is -0.865. The van der Waals surface area contributed by atoms with E-state index in [0.717, 1.165) is 0 Å². The molecule has 0 amide bonds. The number of ether oxygens (including phenoxy) is 1. The highest BCUT2D eigenvalue weighted by Gasteiger charge is 2.02. The molecule has 1 atom stereocenters. The largest absolute Gasteiger partial charge is 0.489 e. The lowest BCUT2D eigenvalue weighted by atomic mass is 10.4. The average Bonchev–Trinajstić information content (AvgIpc) is 2.16. The summed E-state index contributed by atoms with van der Waals surface area (Å²) in [4.78, 5) is 3.78. The van der Waals surface area contributed by atoms with Crippen molar-refractivity contribution < 1.29 is 14.9 Å². The van der Waals surface area contributed by atoms with Crippen LogP contribution in [0.1, 0.15) is 0 Å². The number of halogens is 1. The van der Waals surface area contributed by atoms with Gasteiger partial charge in [0.1, 0.15) is 23.6 Å². The summed E-state index contributed by atoms with van der Waals surface area (Å²) in [5.74, 6) is 0.511. The SMILES string of the molecule is OCC(O)COc1ccc(Cl)nc1. The molecule has 0 aliphatic rings. The molecule has 1 heterocycles. The van der Waals surface area contributed by atoms with Crippen molar-refractivity contribution in [2.45, 2.75) is 6.10 Å². The molecule has 1 unspecified atom stereocenters. The number of aliphatic hydroxyl groups excluding tert-OH is 2. The quantitative estimate of drug-likeness (QED) is 0.699. The van der Waals surface area contributed by atoms with Gasteiger partial charge in [-0.1, -0.05) is 11.6 Å². The van der Waals surface area contributed by atoms with Crippen molar-refractivity contribution in [2.24, 2.45) is 0 Å². The van der Waals surface area contributed by atoms with Gasteiger partial charge in [0.15, 0.2) is 0 Å². The summed E-state index contributed by atoms with van der Waals surface area (Å²) in [5, 5.41) is 17.8. The second kappa shape index (κ2) is 5.01. The number of pyridine rings is 1. The van der Waals surface area contributed by atoms with Crippen molar-refractivity contribution in [1.29, 1.82) is 0 Å². The van der Waals surface area contributed by atoms with E-state index in [-0.39, 0.29) is 13.2 Å². The van der Waals surface area contributed by atoms with Crippen molar-refractivity contribution in [3.8, 4) is 5.75 Å². The van der Waals surface area contributed by atoms with Crippen LogP contribution >= 0.6 is 11.6 Å². The van der Waals surface area contributed by atoms with Gasteiger partial charge in [0, 0.05) is 0 Å². The first-order valence-corrected chi connectivity index (χ1v) is 4.13. The maximum absolute atomic E-state index is 8.95. The van der Waals surface area contributed by atoms with Gasteiger partial charge in [-0.2, -0.15) is 0 Å². The van der Waals surface area contributed by atoms with E-state index in [1.54, 1.807) is 12.1 Å². The van der Waals surface area contributed by atoms with E-state index in [1.165, 1.54) is 6.20 Å². The molecule has 0 bridgehead atoms. The van der Waals surface area contributed by atoms with Crippen LogP contribution in [0.25, 0.3) is 0 Å². The van der Waals surface area contributed by atoms with Gasteiger partial charge in [0.2, 0.25) is 0 Å². The first-order chi connectivity index (χ1) is 6.22. The zero-order valence-electron chi connectivity index (χ0n) is 6.85. The zero-order chi connectivity index (χ0) is 9.68. The lowest BCUT2D eigenvalue weighted by molar-refractivity contribution is 0.0535. The van der Waals surface area contributed by atoms with Crippen molar-refractivity contribution in [3.05, 3.63) is 23.5 Å². The van der Waals surface area contributed by atoms with Crippen molar-refractivity contribution in [2.75, 3.05) is 13.2 Å². The summed E-state index contributed by atoms with van der Waals surface area (Å²) < 4.78 is 5.08. The van der Waals surface area contributed by atoms with Crippen molar-refractivity contribution in [1.82, 2.24) is 4.98 Å². The molecule has 0 saturated heterocycles. The molecular formula is C8H10ClNO3. The summed E-state index contributed by atoms with van der Waals surface area (Å²) in [6.07, 6.45) is 0.586. The van der Waals surface area contributed by atoms with Gasteiger partial charge in [0.25, 0.3) is 0 Å². The Morgan fingerprint density at radius 3 is 2.85 bits per heavy atom. The third kappa shape index (κ3) is 3.59. The summed E-state index contributed by atoms with van der Waals surface area (Å²) in [6, 6.07) is 3.22. The molecule has 1 rings (SSSR count). The Morgan fingerprint density at radius 2 is 2.31 bits per heavy atom. The van der Waals surface area contributed by atoms with Gasteiger partial charge in [-0.15, -0.1) is 0 Å². The Bertz CT molecular complexity index is 252. The van der Waals surface area contributed by atoms with Crippen LogP contribution in [-0.2, 0) is 0 Å². The lowest BCUT2D eigenvalue weighted by Gasteiger charge is -2.08. The lowest BCUT2D eigenvalue weighted by Crippen LogP contribution is -2.21. The molecular weight excluding hydrogens is 194 g/mol. The number of aromatic nitrogens is 1. The summed E-state index contributed by atoms with van der Waals surface area (Å²) >= 11 is 5.55. The molecule has 1 aromatic rings. The van der Waals surface area contributed by atoms with E-state index >= 15 is 0 Å². The first-order valence-electron chi connectivity index (χ1n) is 3.75. The van der Waals surface area contributed by atoms with Crippen LogP contribution in [0.4, 0.5) is 0 Å². The van der Waals surface area contributed by atoms with E-state index in [9.17, 15) is 0 Å². The molecule has 2 N–H and O–H groups in total. The highest BCUT2D eigenvalue weighted by molar-refractivity contribution is 6.29. The van der Waals surface area contributed by atoms with Crippen LogP contribution in [0.2, 0.25) is 5.15 Å². The Labute approximate surface area is 80.8 Å². The molecule has 0 radical (unpaired) electrons. The summed E-state index contributed by atoms with van der Waals surface area (Å²) in [6.45, 7) is -0.277.